The molecule has 3 aromatic rings. The van der Waals surface area contributed by atoms with Crippen molar-refractivity contribution in [1.29, 1.82) is 0 Å². The van der Waals surface area contributed by atoms with Crippen LogP contribution in [0.15, 0.2) is 42.7 Å². The van der Waals surface area contributed by atoms with E-state index in [1.54, 1.807) is 12.3 Å². The van der Waals surface area contributed by atoms with Crippen LogP contribution in [0.25, 0.3) is 10.9 Å². The number of anilines is 1. The van der Waals surface area contributed by atoms with Gasteiger partial charge in [-0.05, 0) is 37.0 Å². The van der Waals surface area contributed by atoms with E-state index in [0.29, 0.717) is 24.7 Å². The van der Waals surface area contributed by atoms with Crippen molar-refractivity contribution in [2.45, 2.75) is 25.4 Å². The molecule has 1 aromatic carbocycles. The second kappa shape index (κ2) is 8.18. The lowest BCUT2D eigenvalue weighted by molar-refractivity contribution is 0.0949. The Morgan fingerprint density at radius 3 is 3.11 bits per heavy atom. The Balaban J connectivity index is 1.30. The van der Waals surface area contributed by atoms with Gasteiger partial charge in [-0.25, -0.2) is 9.97 Å². The van der Waals surface area contributed by atoms with Crippen molar-refractivity contribution in [3.63, 3.8) is 0 Å². The molecule has 1 amide bonds. The highest BCUT2D eigenvalue weighted by Gasteiger charge is 2.16. The summed E-state index contributed by atoms with van der Waals surface area (Å²) in [6, 6.07) is 9.77. The molecule has 0 saturated carbocycles. The van der Waals surface area contributed by atoms with Crippen molar-refractivity contribution in [2.24, 2.45) is 0 Å². The van der Waals surface area contributed by atoms with Crippen molar-refractivity contribution in [2.75, 3.05) is 25.0 Å². The smallest absolute Gasteiger partial charge is 0.270 e. The van der Waals surface area contributed by atoms with E-state index in [1.165, 1.54) is 10.9 Å². The fourth-order valence-corrected chi connectivity index (χ4v) is 3.32. The lowest BCUT2D eigenvalue weighted by atomic mass is 10.1. The number of carbonyl (C=O) groups is 1. The van der Waals surface area contributed by atoms with Gasteiger partial charge in [-0.15, -0.1) is 0 Å². The Morgan fingerprint density at radius 2 is 2.22 bits per heavy atom. The molecule has 0 aliphatic carbocycles. The van der Waals surface area contributed by atoms with Crippen LogP contribution in [-0.4, -0.2) is 46.7 Å². The number of benzene rings is 1. The average molecular weight is 365 g/mol. The fraction of sp³-hybridized carbons (Fsp3) is 0.350. The van der Waals surface area contributed by atoms with Crippen LogP contribution >= 0.6 is 0 Å². The Bertz CT molecular complexity index is 917. The van der Waals surface area contributed by atoms with Gasteiger partial charge in [-0.1, -0.05) is 18.2 Å². The number of amides is 1. The molecule has 1 fully saturated rings. The molecule has 0 bridgehead atoms. The van der Waals surface area contributed by atoms with Gasteiger partial charge in [0.05, 0.1) is 6.10 Å². The van der Waals surface area contributed by atoms with Crippen molar-refractivity contribution in [3.8, 4) is 0 Å². The van der Waals surface area contributed by atoms with E-state index in [1.807, 2.05) is 24.4 Å². The lowest BCUT2D eigenvalue weighted by Crippen LogP contribution is -2.27. The Kier molecular flexibility index (Phi) is 5.29. The first-order valence-corrected chi connectivity index (χ1v) is 9.31. The number of aromatic nitrogens is 3. The zero-order valence-electron chi connectivity index (χ0n) is 15.1. The second-order valence-electron chi connectivity index (χ2n) is 6.65. The molecule has 7 heteroatoms. The van der Waals surface area contributed by atoms with Gasteiger partial charge in [-0.3, -0.25) is 4.79 Å². The van der Waals surface area contributed by atoms with Gasteiger partial charge < -0.3 is 20.4 Å². The Hall–Kier alpha value is -2.93. The lowest BCUT2D eigenvalue weighted by Gasteiger charge is -2.11. The molecule has 3 heterocycles. The summed E-state index contributed by atoms with van der Waals surface area (Å²) in [6.45, 7) is 2.01. The van der Waals surface area contributed by atoms with Crippen LogP contribution in [-0.2, 0) is 11.2 Å². The Morgan fingerprint density at radius 1 is 1.30 bits per heavy atom. The van der Waals surface area contributed by atoms with Gasteiger partial charge in [0.2, 0.25) is 5.95 Å². The fourth-order valence-electron chi connectivity index (χ4n) is 3.32. The summed E-state index contributed by atoms with van der Waals surface area (Å²) in [5.74, 6) is 0.257. The number of fused-ring (bicyclic) bond motifs is 1. The number of nitrogens with one attached hydrogen (secondary N) is 3. The van der Waals surface area contributed by atoms with Crippen LogP contribution in [0, 0.1) is 0 Å². The molecule has 27 heavy (non-hydrogen) atoms. The summed E-state index contributed by atoms with van der Waals surface area (Å²) in [5.41, 5.74) is 2.66. The first-order chi connectivity index (χ1) is 13.3. The number of ether oxygens (including phenoxy) is 1. The molecule has 2 aromatic heterocycles. The van der Waals surface area contributed by atoms with Crippen molar-refractivity contribution < 1.29 is 9.53 Å². The standard InChI is InChI=1S/C20H23N5O2/c26-19(21-9-7-14-12-23-17-6-2-1-5-16(14)17)18-8-10-22-20(25-18)24-13-15-4-3-11-27-15/h1-2,5-6,8,10,12,15,23H,3-4,7,9,11,13H2,(H,21,26)(H,22,24,25). The minimum Gasteiger partial charge on any atom is -0.376 e. The summed E-state index contributed by atoms with van der Waals surface area (Å²) >= 11 is 0. The number of H-pyrrole nitrogens is 1. The summed E-state index contributed by atoms with van der Waals surface area (Å²) in [5, 5.41) is 7.27. The number of nitrogens with zero attached hydrogens (tertiary/aromatic N) is 2. The molecule has 1 unspecified atom stereocenters. The van der Waals surface area contributed by atoms with E-state index in [-0.39, 0.29) is 12.0 Å². The molecule has 1 aliphatic rings. The van der Waals surface area contributed by atoms with Crippen molar-refractivity contribution in [1.82, 2.24) is 20.3 Å². The normalized spacial score (nSPS) is 16.5. The van der Waals surface area contributed by atoms with Gasteiger partial charge in [0, 0.05) is 43.0 Å². The van der Waals surface area contributed by atoms with Gasteiger partial charge in [0.15, 0.2) is 0 Å². The van der Waals surface area contributed by atoms with E-state index in [9.17, 15) is 4.79 Å². The average Bonchev–Trinajstić information content (AvgIpc) is 3.37. The Labute approximate surface area is 157 Å². The van der Waals surface area contributed by atoms with E-state index in [0.717, 1.165) is 31.4 Å². The zero-order valence-corrected chi connectivity index (χ0v) is 15.1. The number of hydrogen-bond donors (Lipinski definition) is 3. The molecule has 1 atom stereocenters. The predicted octanol–water partition coefficient (Wildman–Crippen LogP) is 2.52. The zero-order chi connectivity index (χ0) is 18.5. The van der Waals surface area contributed by atoms with E-state index in [2.05, 4.69) is 31.7 Å². The summed E-state index contributed by atoms with van der Waals surface area (Å²) in [4.78, 5) is 24.1. The number of aromatic amines is 1. The maximum atomic E-state index is 12.4. The van der Waals surface area contributed by atoms with Crippen LogP contribution in [0.2, 0.25) is 0 Å². The molecule has 1 aliphatic heterocycles. The summed E-state index contributed by atoms with van der Waals surface area (Å²) in [6.07, 6.45) is 6.67. The predicted molar refractivity (Wildman–Crippen MR) is 104 cm³/mol. The van der Waals surface area contributed by atoms with Crippen LogP contribution < -0.4 is 10.6 Å². The third kappa shape index (κ3) is 4.25. The van der Waals surface area contributed by atoms with Crippen LogP contribution in [0.1, 0.15) is 28.9 Å². The number of hydrogen-bond acceptors (Lipinski definition) is 5. The maximum absolute atomic E-state index is 12.4. The largest absolute Gasteiger partial charge is 0.376 e. The molecule has 4 rings (SSSR count). The highest BCUT2D eigenvalue weighted by molar-refractivity contribution is 5.92. The molecule has 0 radical (unpaired) electrons. The third-order valence-electron chi connectivity index (χ3n) is 4.75. The van der Waals surface area contributed by atoms with Crippen molar-refractivity contribution in [3.05, 3.63) is 54.0 Å². The number of carbonyl (C=O) groups excluding carboxylic acids is 1. The summed E-state index contributed by atoms with van der Waals surface area (Å²) in [7, 11) is 0. The molecular formula is C20H23N5O2. The van der Waals surface area contributed by atoms with Gasteiger partial charge in [-0.2, -0.15) is 0 Å². The minimum atomic E-state index is -0.197. The SMILES string of the molecule is O=C(NCCc1c[nH]c2ccccc12)c1ccnc(NCC2CCCO2)n1. The van der Waals surface area contributed by atoms with Crippen LogP contribution in [0.3, 0.4) is 0 Å². The molecule has 3 N–H and O–H groups in total. The molecule has 0 spiro atoms. The molecule has 1 saturated heterocycles. The quantitative estimate of drug-likeness (QED) is 0.598. The summed E-state index contributed by atoms with van der Waals surface area (Å²) < 4.78 is 5.57. The topological polar surface area (TPSA) is 91.9 Å². The minimum absolute atomic E-state index is 0.197. The molecule has 140 valence electrons. The van der Waals surface area contributed by atoms with Crippen molar-refractivity contribution >= 4 is 22.8 Å². The van der Waals surface area contributed by atoms with E-state index >= 15 is 0 Å². The van der Waals surface area contributed by atoms with Gasteiger partial charge in [0.25, 0.3) is 5.91 Å². The maximum Gasteiger partial charge on any atom is 0.270 e. The van der Waals surface area contributed by atoms with Crippen LogP contribution in [0.4, 0.5) is 5.95 Å². The van der Waals surface area contributed by atoms with E-state index < -0.39 is 0 Å². The highest BCUT2D eigenvalue weighted by Crippen LogP contribution is 2.17. The molecule has 7 nitrogen and oxygen atoms in total. The van der Waals surface area contributed by atoms with Gasteiger partial charge in [0.1, 0.15) is 5.69 Å². The van der Waals surface area contributed by atoms with E-state index in [4.69, 9.17) is 4.74 Å². The third-order valence-corrected chi connectivity index (χ3v) is 4.75. The van der Waals surface area contributed by atoms with Gasteiger partial charge >= 0.3 is 0 Å². The monoisotopic (exact) mass is 365 g/mol. The first kappa shape index (κ1) is 17.5. The number of para-hydroxylation sites is 1. The second-order valence-corrected chi connectivity index (χ2v) is 6.65. The first-order valence-electron chi connectivity index (χ1n) is 9.31. The van der Waals surface area contributed by atoms with Crippen LogP contribution in [0.5, 0.6) is 0 Å². The highest BCUT2D eigenvalue weighted by atomic mass is 16.5. The number of rotatable bonds is 7. The molecular weight excluding hydrogens is 342 g/mol.